The van der Waals surface area contributed by atoms with Crippen molar-refractivity contribution in [1.29, 1.82) is 0 Å². The Labute approximate surface area is 79.0 Å². The molecule has 2 aromatic rings. The molecule has 1 heterocycles. The molecule has 1 aromatic carbocycles. The largest absolute Gasteiger partial charge is 0.503 e. The van der Waals surface area contributed by atoms with Crippen LogP contribution in [0.4, 0.5) is 8.78 Å². The summed E-state index contributed by atoms with van der Waals surface area (Å²) in [7, 11) is 0. The third-order valence-electron chi connectivity index (χ3n) is 1.93. The van der Waals surface area contributed by atoms with Crippen molar-refractivity contribution >= 4 is 0 Å². The molecule has 0 amide bonds. The number of phenolic OH excluding ortho intramolecular Hbond substituents is 1. The molecule has 72 valence electrons. The fraction of sp³-hybridized carbons (Fsp3) is 0. The van der Waals surface area contributed by atoms with Gasteiger partial charge < -0.3 is 9.67 Å². The van der Waals surface area contributed by atoms with E-state index < -0.39 is 17.4 Å². The van der Waals surface area contributed by atoms with E-state index in [1.807, 2.05) is 0 Å². The molecule has 14 heavy (non-hydrogen) atoms. The van der Waals surface area contributed by atoms with Crippen LogP contribution in [0.3, 0.4) is 0 Å². The van der Waals surface area contributed by atoms with Crippen LogP contribution in [-0.2, 0) is 0 Å². The topological polar surface area (TPSA) is 25.2 Å². The van der Waals surface area contributed by atoms with Crippen LogP contribution in [0.25, 0.3) is 5.69 Å². The van der Waals surface area contributed by atoms with Crippen molar-refractivity contribution in [3.05, 3.63) is 48.3 Å². The highest BCUT2D eigenvalue weighted by atomic mass is 19.1. The second-order valence-corrected chi connectivity index (χ2v) is 2.82. The fourth-order valence-electron chi connectivity index (χ4n) is 1.22. The van der Waals surface area contributed by atoms with Crippen LogP contribution in [0, 0.1) is 11.6 Å². The molecule has 0 atom stereocenters. The van der Waals surface area contributed by atoms with Gasteiger partial charge in [0.05, 0.1) is 5.69 Å². The van der Waals surface area contributed by atoms with E-state index in [4.69, 9.17) is 5.11 Å². The molecule has 0 saturated carbocycles. The molecule has 4 heteroatoms. The summed E-state index contributed by atoms with van der Waals surface area (Å²) < 4.78 is 27.5. The number of benzene rings is 1. The summed E-state index contributed by atoms with van der Waals surface area (Å²) in [4.78, 5) is 0. The average molecular weight is 195 g/mol. The van der Waals surface area contributed by atoms with E-state index in [2.05, 4.69) is 0 Å². The summed E-state index contributed by atoms with van der Waals surface area (Å²) in [6, 6.07) is 5.71. The van der Waals surface area contributed by atoms with E-state index in [9.17, 15) is 8.78 Å². The minimum Gasteiger partial charge on any atom is -0.503 e. The van der Waals surface area contributed by atoms with E-state index in [0.717, 1.165) is 6.07 Å². The van der Waals surface area contributed by atoms with Gasteiger partial charge in [-0.15, -0.1) is 0 Å². The van der Waals surface area contributed by atoms with E-state index in [1.54, 1.807) is 24.5 Å². The molecule has 1 N–H and O–H groups in total. The van der Waals surface area contributed by atoms with Gasteiger partial charge in [-0.1, -0.05) is 0 Å². The average Bonchev–Trinajstić information content (AvgIpc) is 2.67. The summed E-state index contributed by atoms with van der Waals surface area (Å²) in [5.41, 5.74) is 0.119. The van der Waals surface area contributed by atoms with E-state index in [-0.39, 0.29) is 5.69 Å². The van der Waals surface area contributed by atoms with Crippen molar-refractivity contribution in [2.24, 2.45) is 0 Å². The molecular formula is C10H7F2NO. The van der Waals surface area contributed by atoms with Crippen molar-refractivity contribution in [3.8, 4) is 11.4 Å². The number of aromatic hydroxyl groups is 1. The molecule has 0 saturated heterocycles. The fourth-order valence-corrected chi connectivity index (χ4v) is 1.22. The Morgan fingerprint density at radius 1 is 1.07 bits per heavy atom. The predicted octanol–water partition coefficient (Wildman–Crippen LogP) is 2.46. The van der Waals surface area contributed by atoms with Gasteiger partial charge in [0.25, 0.3) is 0 Å². The van der Waals surface area contributed by atoms with Crippen LogP contribution in [0.2, 0.25) is 0 Å². The lowest BCUT2D eigenvalue weighted by molar-refractivity contribution is 0.395. The minimum absolute atomic E-state index is 0.119. The maximum atomic E-state index is 13.3. The van der Waals surface area contributed by atoms with Crippen molar-refractivity contribution < 1.29 is 13.9 Å². The standard InChI is InChI=1S/C10H7F2NO/c11-7-3-4-8(9(12)10(7)14)13-5-1-2-6-13/h1-6,14H. The Bertz CT molecular complexity index is 451. The quantitative estimate of drug-likeness (QED) is 0.742. The predicted molar refractivity (Wildman–Crippen MR) is 47.3 cm³/mol. The normalized spacial score (nSPS) is 10.4. The van der Waals surface area contributed by atoms with Gasteiger partial charge in [0.15, 0.2) is 17.4 Å². The van der Waals surface area contributed by atoms with Gasteiger partial charge in [0, 0.05) is 12.4 Å². The second-order valence-electron chi connectivity index (χ2n) is 2.82. The molecule has 0 unspecified atom stereocenters. The smallest absolute Gasteiger partial charge is 0.191 e. The van der Waals surface area contributed by atoms with Gasteiger partial charge in [0.1, 0.15) is 0 Å². The lowest BCUT2D eigenvalue weighted by Gasteiger charge is -2.05. The third-order valence-corrected chi connectivity index (χ3v) is 1.93. The van der Waals surface area contributed by atoms with Crippen molar-refractivity contribution in [1.82, 2.24) is 4.57 Å². The first-order chi connectivity index (χ1) is 6.70. The van der Waals surface area contributed by atoms with Gasteiger partial charge in [-0.3, -0.25) is 0 Å². The van der Waals surface area contributed by atoms with Crippen LogP contribution >= 0.6 is 0 Å². The Hall–Kier alpha value is -1.84. The summed E-state index contributed by atoms with van der Waals surface area (Å²) in [5.74, 6) is -2.86. The molecular weight excluding hydrogens is 188 g/mol. The van der Waals surface area contributed by atoms with Crippen molar-refractivity contribution in [3.63, 3.8) is 0 Å². The second kappa shape index (κ2) is 3.14. The van der Waals surface area contributed by atoms with E-state index >= 15 is 0 Å². The summed E-state index contributed by atoms with van der Waals surface area (Å²) in [6.45, 7) is 0. The van der Waals surface area contributed by atoms with Gasteiger partial charge in [0.2, 0.25) is 0 Å². The monoisotopic (exact) mass is 195 g/mol. The molecule has 0 aliphatic carbocycles. The number of hydrogen-bond acceptors (Lipinski definition) is 1. The lowest BCUT2D eigenvalue weighted by Crippen LogP contribution is -1.95. The highest BCUT2D eigenvalue weighted by Gasteiger charge is 2.12. The van der Waals surface area contributed by atoms with E-state index in [0.29, 0.717) is 0 Å². The Kier molecular flexibility index (Phi) is 1.96. The number of halogens is 2. The van der Waals surface area contributed by atoms with Crippen LogP contribution in [0.1, 0.15) is 0 Å². The van der Waals surface area contributed by atoms with E-state index in [1.165, 1.54) is 10.6 Å². The molecule has 0 radical (unpaired) electrons. The Morgan fingerprint density at radius 3 is 2.36 bits per heavy atom. The zero-order valence-electron chi connectivity index (χ0n) is 7.11. The number of nitrogens with zero attached hydrogens (tertiary/aromatic N) is 1. The van der Waals surface area contributed by atoms with Crippen LogP contribution in [-0.4, -0.2) is 9.67 Å². The lowest BCUT2D eigenvalue weighted by atomic mass is 10.2. The first-order valence-corrected chi connectivity index (χ1v) is 4.00. The van der Waals surface area contributed by atoms with Gasteiger partial charge in [-0.25, -0.2) is 8.78 Å². The number of rotatable bonds is 1. The highest BCUT2D eigenvalue weighted by molar-refractivity contribution is 5.42. The molecule has 2 rings (SSSR count). The summed E-state index contributed by atoms with van der Waals surface area (Å²) >= 11 is 0. The van der Waals surface area contributed by atoms with Gasteiger partial charge >= 0.3 is 0 Å². The zero-order chi connectivity index (χ0) is 10.1. The zero-order valence-corrected chi connectivity index (χ0v) is 7.11. The first-order valence-electron chi connectivity index (χ1n) is 4.00. The Balaban J connectivity index is 2.61. The Morgan fingerprint density at radius 2 is 1.71 bits per heavy atom. The van der Waals surface area contributed by atoms with Gasteiger partial charge in [-0.05, 0) is 24.3 Å². The summed E-state index contributed by atoms with van der Waals surface area (Å²) in [6.07, 6.45) is 3.21. The summed E-state index contributed by atoms with van der Waals surface area (Å²) in [5, 5.41) is 9.02. The van der Waals surface area contributed by atoms with Crippen molar-refractivity contribution in [2.75, 3.05) is 0 Å². The molecule has 0 aliphatic heterocycles. The number of aromatic nitrogens is 1. The minimum atomic E-state index is -0.960. The van der Waals surface area contributed by atoms with Crippen LogP contribution < -0.4 is 0 Å². The molecule has 0 bridgehead atoms. The first kappa shape index (κ1) is 8.74. The maximum absolute atomic E-state index is 13.3. The van der Waals surface area contributed by atoms with Gasteiger partial charge in [-0.2, -0.15) is 0 Å². The number of hydrogen-bond donors (Lipinski definition) is 1. The SMILES string of the molecule is Oc1c(F)ccc(-n2cccc2)c1F. The third kappa shape index (κ3) is 1.25. The number of phenols is 1. The molecule has 1 aromatic heterocycles. The maximum Gasteiger partial charge on any atom is 0.191 e. The van der Waals surface area contributed by atoms with Crippen molar-refractivity contribution in [2.45, 2.75) is 0 Å². The molecule has 0 fully saturated rings. The van der Waals surface area contributed by atoms with Crippen LogP contribution in [0.15, 0.2) is 36.7 Å². The highest BCUT2D eigenvalue weighted by Crippen LogP contribution is 2.25. The molecule has 0 spiro atoms. The molecule has 0 aliphatic rings. The molecule has 2 nitrogen and oxygen atoms in total. The van der Waals surface area contributed by atoms with Crippen LogP contribution in [0.5, 0.6) is 5.75 Å².